The molecule has 0 rings (SSSR count). The number of halogens is 2. The average molecular weight is 308 g/mol. The molecule has 0 aromatic rings. The maximum atomic E-state index is 6.27. The molecule has 0 aromatic heterocycles. The summed E-state index contributed by atoms with van der Waals surface area (Å²) in [7, 11) is 12.5. The van der Waals surface area contributed by atoms with E-state index in [2.05, 4.69) is 13.8 Å². The summed E-state index contributed by atoms with van der Waals surface area (Å²) in [4.78, 5) is 0. The molecule has 0 unspecified atom stereocenters. The molecule has 0 spiro atoms. The fraction of sp³-hybridized carbons (Fsp3) is 1.00. The van der Waals surface area contributed by atoms with Gasteiger partial charge in [0.25, 0.3) is 0 Å². The van der Waals surface area contributed by atoms with Gasteiger partial charge in [0.15, 0.2) is 0 Å². The molecule has 0 N–H and O–H groups in total. The topological polar surface area (TPSA) is 0 Å². The maximum absolute atomic E-state index is 6.27. The standard InChI is InChI=1S/2C4H9.2ClH.Sn/c2*1-3-4-2;;;/h2*1,3-4H2,2H3;2*1H;/q;;;;+2/p-2/i2*1+2;;;. The molecule has 11 heavy (non-hydrogen) atoms. The van der Waals surface area contributed by atoms with Crippen LogP contribution in [0.5, 0.6) is 0 Å². The van der Waals surface area contributed by atoms with E-state index >= 15 is 0 Å². The van der Waals surface area contributed by atoms with E-state index in [1.165, 1.54) is 25.7 Å². The van der Waals surface area contributed by atoms with E-state index in [1.54, 1.807) is 0 Å². The molecular weight excluding hydrogens is 290 g/mol. The fourth-order valence-corrected chi connectivity index (χ4v) is 10.3. The number of unbranched alkanes of at least 4 members (excludes halogenated alkanes) is 2. The van der Waals surface area contributed by atoms with E-state index in [0.29, 0.717) is 0 Å². The van der Waals surface area contributed by atoms with Gasteiger partial charge in [-0.15, -0.1) is 0 Å². The first-order chi connectivity index (χ1) is 5.12. The van der Waals surface area contributed by atoms with Gasteiger partial charge in [0.2, 0.25) is 0 Å². The SMILES string of the molecule is CCC[14CH2][Sn]([Cl])([Cl])[14CH2]CCC. The third-order valence-corrected chi connectivity index (χ3v) is 13.1. The summed E-state index contributed by atoms with van der Waals surface area (Å²) in [5, 5.41) is 0. The minimum absolute atomic E-state index is 1.15. The van der Waals surface area contributed by atoms with Gasteiger partial charge in [-0.25, -0.2) is 0 Å². The van der Waals surface area contributed by atoms with Crippen LogP contribution in [0.1, 0.15) is 39.5 Å². The van der Waals surface area contributed by atoms with Crippen molar-refractivity contribution < 1.29 is 0 Å². The van der Waals surface area contributed by atoms with Crippen LogP contribution in [0.15, 0.2) is 0 Å². The quantitative estimate of drug-likeness (QED) is 0.634. The van der Waals surface area contributed by atoms with Crippen LogP contribution < -0.4 is 0 Å². The first-order valence-corrected chi connectivity index (χ1v) is 15.8. The van der Waals surface area contributed by atoms with Gasteiger partial charge in [-0.2, -0.15) is 0 Å². The zero-order valence-corrected chi connectivity index (χ0v) is 11.9. The van der Waals surface area contributed by atoms with E-state index in [0.717, 1.165) is 8.87 Å². The molecule has 0 nitrogen and oxygen atoms in total. The second-order valence-electron chi connectivity index (χ2n) is 3.06. The Balaban J connectivity index is 3.43. The van der Waals surface area contributed by atoms with Crippen molar-refractivity contribution in [1.82, 2.24) is 0 Å². The Morgan fingerprint density at radius 2 is 1.36 bits per heavy atom. The van der Waals surface area contributed by atoms with Crippen molar-refractivity contribution in [3.8, 4) is 0 Å². The Bertz CT molecular complexity index is 84.1. The molecule has 0 saturated carbocycles. The van der Waals surface area contributed by atoms with Gasteiger partial charge in [-0.3, -0.25) is 0 Å². The van der Waals surface area contributed by atoms with E-state index in [9.17, 15) is 0 Å². The first kappa shape index (κ1) is 12.4. The molecule has 0 radical (unpaired) electrons. The van der Waals surface area contributed by atoms with Crippen molar-refractivity contribution in [2.75, 3.05) is 0 Å². The van der Waals surface area contributed by atoms with Gasteiger partial charge >= 0.3 is 82.4 Å². The zero-order valence-electron chi connectivity index (χ0n) is 7.50. The van der Waals surface area contributed by atoms with E-state index in [-0.39, 0.29) is 0 Å². The van der Waals surface area contributed by atoms with Gasteiger partial charge in [-0.1, -0.05) is 0 Å². The summed E-state index contributed by atoms with van der Waals surface area (Å²) < 4.78 is 2.29. The summed E-state index contributed by atoms with van der Waals surface area (Å²) in [6.07, 6.45) is 4.91. The molecule has 3 heteroatoms. The Labute approximate surface area is 82.0 Å². The minimum atomic E-state index is -2.49. The average Bonchev–Trinajstić information content (AvgIpc) is 1.97. The molecule has 0 fully saturated rings. The number of hydrogen-bond acceptors (Lipinski definition) is 0. The molecule has 0 amide bonds. The van der Waals surface area contributed by atoms with Gasteiger partial charge in [0, 0.05) is 0 Å². The summed E-state index contributed by atoms with van der Waals surface area (Å²) in [6.45, 7) is 4.38. The first-order valence-electron chi connectivity index (χ1n) is 4.50. The Kier molecular flexibility index (Phi) is 7.71. The Morgan fingerprint density at radius 1 is 1.00 bits per heavy atom. The van der Waals surface area contributed by atoms with Crippen molar-refractivity contribution >= 4 is 34.0 Å². The molecule has 0 aromatic carbocycles. The zero-order chi connectivity index (χ0) is 8.74. The van der Waals surface area contributed by atoms with Crippen LogP contribution in [-0.2, 0) is 0 Å². The predicted molar refractivity (Wildman–Crippen MR) is 56.9 cm³/mol. The van der Waals surface area contributed by atoms with Crippen LogP contribution in [0.2, 0.25) is 8.87 Å². The molecule has 0 aliphatic rings. The van der Waals surface area contributed by atoms with Gasteiger partial charge < -0.3 is 0 Å². The molecule has 0 saturated heterocycles. The Hall–Kier alpha value is 1.38. The van der Waals surface area contributed by atoms with Crippen molar-refractivity contribution in [2.45, 2.75) is 48.4 Å². The van der Waals surface area contributed by atoms with E-state index in [1.807, 2.05) is 0 Å². The molecule has 68 valence electrons. The van der Waals surface area contributed by atoms with Crippen molar-refractivity contribution in [2.24, 2.45) is 0 Å². The fourth-order valence-electron chi connectivity index (χ4n) is 0.996. The molecular formula is C8H18Cl2Sn. The Morgan fingerprint density at radius 3 is 1.64 bits per heavy atom. The van der Waals surface area contributed by atoms with Gasteiger partial charge in [-0.05, 0) is 0 Å². The summed E-state index contributed by atoms with van der Waals surface area (Å²) in [5.41, 5.74) is 0. The summed E-state index contributed by atoms with van der Waals surface area (Å²) in [6, 6.07) is 0. The predicted octanol–water partition coefficient (Wildman–Crippen LogP) is 4.51. The van der Waals surface area contributed by atoms with E-state index < -0.39 is 16.1 Å². The van der Waals surface area contributed by atoms with Gasteiger partial charge in [0.05, 0.1) is 0 Å². The third-order valence-electron chi connectivity index (χ3n) is 1.79. The van der Waals surface area contributed by atoms with Crippen molar-refractivity contribution in [3.05, 3.63) is 0 Å². The number of hydrogen-bond donors (Lipinski definition) is 0. The molecule has 0 heterocycles. The van der Waals surface area contributed by atoms with E-state index in [4.69, 9.17) is 17.8 Å². The normalized spacial score (nSPS) is 12.0. The number of rotatable bonds is 6. The van der Waals surface area contributed by atoms with Crippen LogP contribution >= 0.6 is 17.8 Å². The molecule has 0 bridgehead atoms. The van der Waals surface area contributed by atoms with Gasteiger partial charge in [0.1, 0.15) is 0 Å². The van der Waals surface area contributed by atoms with Crippen LogP contribution in [0.4, 0.5) is 0 Å². The van der Waals surface area contributed by atoms with Crippen LogP contribution in [-0.4, -0.2) is 16.1 Å². The summed E-state index contributed by atoms with van der Waals surface area (Å²) >= 11 is -2.49. The van der Waals surface area contributed by atoms with Crippen LogP contribution in [0, 0.1) is 0 Å². The molecule has 0 atom stereocenters. The third kappa shape index (κ3) is 7.73. The van der Waals surface area contributed by atoms with Crippen LogP contribution in [0.25, 0.3) is 0 Å². The second kappa shape index (κ2) is 6.85. The van der Waals surface area contributed by atoms with Crippen molar-refractivity contribution in [1.29, 1.82) is 0 Å². The monoisotopic (exact) mass is 308 g/mol. The van der Waals surface area contributed by atoms with Crippen molar-refractivity contribution in [3.63, 3.8) is 0 Å². The molecule has 0 aliphatic heterocycles. The van der Waals surface area contributed by atoms with Crippen LogP contribution in [0.3, 0.4) is 0 Å². The second-order valence-corrected chi connectivity index (χ2v) is 21.8. The summed E-state index contributed by atoms with van der Waals surface area (Å²) in [5.74, 6) is 0. The molecule has 0 aliphatic carbocycles.